The fourth-order valence-electron chi connectivity index (χ4n) is 2.10. The minimum absolute atomic E-state index is 0.287. The summed E-state index contributed by atoms with van der Waals surface area (Å²) in [5.74, 6) is 5.03. The quantitative estimate of drug-likeness (QED) is 0.514. The molecule has 112 valence electrons. The van der Waals surface area contributed by atoms with Crippen LogP contribution in [0.4, 0.5) is 17.6 Å². The van der Waals surface area contributed by atoms with Crippen LogP contribution in [0.5, 0.6) is 0 Å². The number of hydrogen-bond acceptors (Lipinski definition) is 2. The van der Waals surface area contributed by atoms with Crippen LogP contribution in [-0.2, 0) is 12.6 Å². The molecule has 2 rings (SSSR count). The lowest BCUT2D eigenvalue weighted by atomic mass is 9.97. The van der Waals surface area contributed by atoms with Crippen LogP contribution in [0.2, 0.25) is 0 Å². The van der Waals surface area contributed by atoms with Gasteiger partial charge in [-0.1, -0.05) is 24.3 Å². The molecule has 3 N–H and O–H groups in total. The van der Waals surface area contributed by atoms with Crippen LogP contribution in [0.1, 0.15) is 22.7 Å². The van der Waals surface area contributed by atoms with E-state index in [9.17, 15) is 17.6 Å². The van der Waals surface area contributed by atoms with Crippen LogP contribution in [0.15, 0.2) is 48.5 Å². The lowest BCUT2D eigenvalue weighted by Gasteiger charge is -2.18. The number of hydrazine groups is 1. The summed E-state index contributed by atoms with van der Waals surface area (Å²) in [5.41, 5.74) is 2.79. The molecule has 0 bridgehead atoms. The molecule has 0 aliphatic carbocycles. The molecule has 0 aliphatic heterocycles. The summed E-state index contributed by atoms with van der Waals surface area (Å²) in [6.45, 7) is 0. The second-order valence-corrected chi connectivity index (χ2v) is 4.68. The first-order chi connectivity index (χ1) is 9.90. The van der Waals surface area contributed by atoms with E-state index >= 15 is 0 Å². The Bertz CT molecular complexity index is 611. The molecular weight excluding hydrogens is 284 g/mol. The Kier molecular flexibility index (Phi) is 4.59. The molecule has 0 aromatic heterocycles. The van der Waals surface area contributed by atoms with Crippen LogP contribution in [0.3, 0.4) is 0 Å². The van der Waals surface area contributed by atoms with Gasteiger partial charge in [-0.05, 0) is 41.8 Å². The number of rotatable bonds is 4. The van der Waals surface area contributed by atoms with Gasteiger partial charge in [-0.3, -0.25) is 11.3 Å². The molecule has 6 heteroatoms. The van der Waals surface area contributed by atoms with Gasteiger partial charge in [0.15, 0.2) is 0 Å². The Hall–Kier alpha value is -1.92. The lowest BCUT2D eigenvalue weighted by Crippen LogP contribution is -2.29. The fourth-order valence-corrected chi connectivity index (χ4v) is 2.10. The van der Waals surface area contributed by atoms with Gasteiger partial charge < -0.3 is 0 Å². The van der Waals surface area contributed by atoms with Crippen molar-refractivity contribution in [2.75, 3.05) is 0 Å². The van der Waals surface area contributed by atoms with Gasteiger partial charge in [-0.25, -0.2) is 4.39 Å². The van der Waals surface area contributed by atoms with E-state index < -0.39 is 23.6 Å². The van der Waals surface area contributed by atoms with E-state index in [0.717, 1.165) is 12.1 Å². The van der Waals surface area contributed by atoms with E-state index in [1.54, 1.807) is 18.2 Å². The zero-order valence-electron chi connectivity index (χ0n) is 11.0. The molecule has 2 aromatic carbocycles. The first-order valence-electron chi connectivity index (χ1n) is 6.28. The van der Waals surface area contributed by atoms with Gasteiger partial charge in [-0.15, -0.1) is 0 Å². The SMILES string of the molecule is NNC(Cc1cccc(F)c1)c1cccc(C(F)(F)F)c1. The Labute approximate surface area is 119 Å². The first kappa shape index (κ1) is 15.5. The second-order valence-electron chi connectivity index (χ2n) is 4.68. The summed E-state index contributed by atoms with van der Waals surface area (Å²) < 4.78 is 51.3. The number of nitrogens with one attached hydrogen (secondary N) is 1. The largest absolute Gasteiger partial charge is 0.416 e. The highest BCUT2D eigenvalue weighted by Gasteiger charge is 2.30. The minimum atomic E-state index is -4.41. The molecule has 1 unspecified atom stereocenters. The first-order valence-corrected chi connectivity index (χ1v) is 6.28. The van der Waals surface area contributed by atoms with Crippen molar-refractivity contribution in [2.24, 2.45) is 5.84 Å². The summed E-state index contributed by atoms with van der Waals surface area (Å²) in [4.78, 5) is 0. The number of benzene rings is 2. The molecular formula is C15H14F4N2. The van der Waals surface area contributed by atoms with Crippen molar-refractivity contribution in [2.45, 2.75) is 18.6 Å². The van der Waals surface area contributed by atoms with Crippen LogP contribution >= 0.6 is 0 Å². The maximum Gasteiger partial charge on any atom is 0.416 e. The van der Waals surface area contributed by atoms with Gasteiger partial charge in [0.2, 0.25) is 0 Å². The minimum Gasteiger partial charge on any atom is -0.271 e. The van der Waals surface area contributed by atoms with E-state index in [2.05, 4.69) is 5.43 Å². The Morgan fingerprint density at radius 3 is 2.38 bits per heavy atom. The van der Waals surface area contributed by atoms with E-state index in [-0.39, 0.29) is 6.42 Å². The predicted octanol–water partition coefficient (Wildman–Crippen LogP) is 3.59. The van der Waals surface area contributed by atoms with Crippen molar-refractivity contribution in [3.63, 3.8) is 0 Å². The highest BCUT2D eigenvalue weighted by atomic mass is 19.4. The summed E-state index contributed by atoms with van der Waals surface area (Å²) in [7, 11) is 0. The summed E-state index contributed by atoms with van der Waals surface area (Å²) in [6.07, 6.45) is -4.12. The van der Waals surface area contributed by atoms with Crippen LogP contribution in [0, 0.1) is 5.82 Å². The van der Waals surface area contributed by atoms with Crippen LogP contribution < -0.4 is 11.3 Å². The van der Waals surface area contributed by atoms with Crippen molar-refractivity contribution in [3.8, 4) is 0 Å². The van der Waals surface area contributed by atoms with Gasteiger partial charge in [0.1, 0.15) is 5.82 Å². The van der Waals surface area contributed by atoms with Gasteiger partial charge >= 0.3 is 6.18 Å². The highest BCUT2D eigenvalue weighted by molar-refractivity contribution is 5.29. The zero-order chi connectivity index (χ0) is 15.5. The molecule has 2 nitrogen and oxygen atoms in total. The molecule has 2 aromatic rings. The molecule has 0 fully saturated rings. The van der Waals surface area contributed by atoms with Crippen molar-refractivity contribution in [1.29, 1.82) is 0 Å². The van der Waals surface area contributed by atoms with E-state index in [4.69, 9.17) is 5.84 Å². The molecule has 0 radical (unpaired) electrons. The number of alkyl halides is 3. The van der Waals surface area contributed by atoms with Crippen molar-refractivity contribution >= 4 is 0 Å². The molecule has 0 saturated heterocycles. The Morgan fingerprint density at radius 1 is 1.05 bits per heavy atom. The molecule has 1 atom stereocenters. The Morgan fingerprint density at radius 2 is 1.76 bits per heavy atom. The standard InChI is InChI=1S/C15H14F4N2/c16-13-6-1-3-10(7-13)8-14(21-20)11-4-2-5-12(9-11)15(17,18)19/h1-7,9,14,21H,8,20H2. The molecule has 0 saturated carbocycles. The van der Waals surface area contributed by atoms with Crippen molar-refractivity contribution < 1.29 is 17.6 Å². The third-order valence-electron chi connectivity index (χ3n) is 3.15. The fraction of sp³-hybridized carbons (Fsp3) is 0.200. The zero-order valence-corrected chi connectivity index (χ0v) is 11.0. The average molecular weight is 298 g/mol. The van der Waals surface area contributed by atoms with E-state index in [1.807, 2.05) is 0 Å². The van der Waals surface area contributed by atoms with Gasteiger partial charge in [0.05, 0.1) is 5.56 Å². The third-order valence-corrected chi connectivity index (χ3v) is 3.15. The molecule has 0 amide bonds. The normalized spacial score (nSPS) is 13.2. The predicted molar refractivity (Wildman–Crippen MR) is 71.6 cm³/mol. The van der Waals surface area contributed by atoms with E-state index in [1.165, 1.54) is 18.2 Å². The van der Waals surface area contributed by atoms with Crippen molar-refractivity contribution in [1.82, 2.24) is 5.43 Å². The highest BCUT2D eigenvalue weighted by Crippen LogP contribution is 2.31. The molecule has 0 spiro atoms. The third kappa shape index (κ3) is 4.03. The van der Waals surface area contributed by atoms with Gasteiger partial charge in [-0.2, -0.15) is 13.2 Å². The van der Waals surface area contributed by atoms with E-state index in [0.29, 0.717) is 11.1 Å². The second kappa shape index (κ2) is 6.24. The molecule has 0 heterocycles. The maximum atomic E-state index is 13.1. The van der Waals surface area contributed by atoms with Gasteiger partial charge in [0, 0.05) is 6.04 Å². The maximum absolute atomic E-state index is 13.1. The molecule has 0 aliphatic rings. The van der Waals surface area contributed by atoms with Crippen LogP contribution in [-0.4, -0.2) is 0 Å². The van der Waals surface area contributed by atoms with Gasteiger partial charge in [0.25, 0.3) is 0 Å². The average Bonchev–Trinajstić information content (AvgIpc) is 2.44. The lowest BCUT2D eigenvalue weighted by molar-refractivity contribution is -0.137. The monoisotopic (exact) mass is 298 g/mol. The van der Waals surface area contributed by atoms with Crippen LogP contribution in [0.25, 0.3) is 0 Å². The van der Waals surface area contributed by atoms with Crippen molar-refractivity contribution in [3.05, 3.63) is 71.0 Å². The smallest absolute Gasteiger partial charge is 0.271 e. The Balaban J connectivity index is 2.25. The summed E-state index contributed by atoms with van der Waals surface area (Å²) in [5, 5.41) is 0. The summed E-state index contributed by atoms with van der Waals surface area (Å²) in [6, 6.07) is 10.3. The summed E-state index contributed by atoms with van der Waals surface area (Å²) >= 11 is 0. The topological polar surface area (TPSA) is 38.0 Å². The number of hydrogen-bond donors (Lipinski definition) is 2. The number of halogens is 4. The number of nitrogens with two attached hydrogens (primary N) is 1. The molecule has 21 heavy (non-hydrogen) atoms.